The van der Waals surface area contributed by atoms with Crippen molar-refractivity contribution in [1.29, 1.82) is 0 Å². The Labute approximate surface area is 104 Å². The third-order valence-corrected chi connectivity index (χ3v) is 2.93. The molecule has 0 aromatic heterocycles. The lowest BCUT2D eigenvalue weighted by Crippen LogP contribution is -2.02. The van der Waals surface area contributed by atoms with Crippen LogP contribution in [0.25, 0.3) is 0 Å². The Kier molecular flexibility index (Phi) is 4.75. The summed E-state index contributed by atoms with van der Waals surface area (Å²) in [4.78, 5) is 0. The minimum atomic E-state index is 0.778. The van der Waals surface area contributed by atoms with Crippen molar-refractivity contribution in [2.45, 2.75) is 13.3 Å². The third-order valence-electron chi connectivity index (χ3n) is 1.80. The minimum absolute atomic E-state index is 0.778. The van der Waals surface area contributed by atoms with Gasteiger partial charge in [-0.15, -0.1) is 6.58 Å². The molecule has 1 rings (SSSR count). The number of halogens is 2. The standard InChI is InChI=1S/C11H13ClIN/c1-8(2)5-6-14-11-4-3-9(12)7-10(11)13/h3-4,7,14H,1,5-6H2,2H3. The lowest BCUT2D eigenvalue weighted by atomic mass is 10.2. The molecule has 3 heteroatoms. The van der Waals surface area contributed by atoms with E-state index in [4.69, 9.17) is 11.6 Å². The number of benzene rings is 1. The molecule has 0 amide bonds. The van der Waals surface area contributed by atoms with E-state index in [2.05, 4.69) is 34.5 Å². The molecular formula is C11H13ClIN. The summed E-state index contributed by atoms with van der Waals surface area (Å²) in [5, 5.41) is 4.12. The van der Waals surface area contributed by atoms with E-state index in [1.54, 1.807) is 0 Å². The van der Waals surface area contributed by atoms with Gasteiger partial charge in [-0.3, -0.25) is 0 Å². The highest BCUT2D eigenvalue weighted by atomic mass is 127. The van der Waals surface area contributed by atoms with E-state index in [0.29, 0.717) is 0 Å². The van der Waals surface area contributed by atoms with Gasteiger partial charge in [0.1, 0.15) is 0 Å². The smallest absolute Gasteiger partial charge is 0.0477 e. The van der Waals surface area contributed by atoms with E-state index >= 15 is 0 Å². The summed E-state index contributed by atoms with van der Waals surface area (Å²) in [6.07, 6.45) is 0.999. The number of nitrogens with one attached hydrogen (secondary N) is 1. The van der Waals surface area contributed by atoms with Gasteiger partial charge in [-0.2, -0.15) is 0 Å². The molecule has 0 bridgehead atoms. The summed E-state index contributed by atoms with van der Waals surface area (Å²) in [5.74, 6) is 0. The zero-order valence-corrected chi connectivity index (χ0v) is 11.0. The van der Waals surface area contributed by atoms with Crippen LogP contribution in [0, 0.1) is 3.57 Å². The average molecular weight is 322 g/mol. The van der Waals surface area contributed by atoms with Gasteiger partial charge in [0.2, 0.25) is 0 Å². The first-order chi connectivity index (χ1) is 6.59. The first-order valence-corrected chi connectivity index (χ1v) is 5.88. The molecule has 76 valence electrons. The predicted octanol–water partition coefficient (Wildman–Crippen LogP) is 4.32. The summed E-state index contributed by atoms with van der Waals surface area (Å²) in [6.45, 7) is 6.82. The molecule has 14 heavy (non-hydrogen) atoms. The fourth-order valence-corrected chi connectivity index (χ4v) is 2.11. The minimum Gasteiger partial charge on any atom is -0.384 e. The molecule has 1 N–H and O–H groups in total. The zero-order valence-electron chi connectivity index (χ0n) is 8.11. The van der Waals surface area contributed by atoms with Gasteiger partial charge < -0.3 is 5.32 Å². The van der Waals surface area contributed by atoms with E-state index in [-0.39, 0.29) is 0 Å². The molecule has 1 aromatic rings. The largest absolute Gasteiger partial charge is 0.384 e. The predicted molar refractivity (Wildman–Crippen MR) is 72.1 cm³/mol. The van der Waals surface area contributed by atoms with Crippen LogP contribution in [0.3, 0.4) is 0 Å². The van der Waals surface area contributed by atoms with E-state index in [9.17, 15) is 0 Å². The van der Waals surface area contributed by atoms with Gasteiger partial charge in [0.25, 0.3) is 0 Å². The normalized spacial score (nSPS) is 9.93. The monoisotopic (exact) mass is 321 g/mol. The van der Waals surface area contributed by atoms with Gasteiger partial charge in [-0.1, -0.05) is 17.2 Å². The maximum absolute atomic E-state index is 5.85. The Bertz CT molecular complexity index is 336. The Morgan fingerprint density at radius 3 is 2.86 bits per heavy atom. The second-order valence-electron chi connectivity index (χ2n) is 3.26. The van der Waals surface area contributed by atoms with Crippen LogP contribution in [-0.4, -0.2) is 6.54 Å². The van der Waals surface area contributed by atoms with Crippen molar-refractivity contribution in [2.75, 3.05) is 11.9 Å². The molecule has 0 unspecified atom stereocenters. The lowest BCUT2D eigenvalue weighted by Gasteiger charge is -2.08. The summed E-state index contributed by atoms with van der Waals surface area (Å²) in [5.41, 5.74) is 2.33. The molecule has 0 aliphatic heterocycles. The molecule has 0 fully saturated rings. The Balaban J connectivity index is 2.55. The molecule has 0 heterocycles. The molecule has 0 radical (unpaired) electrons. The SMILES string of the molecule is C=C(C)CCNc1ccc(Cl)cc1I. The van der Waals surface area contributed by atoms with Crippen LogP contribution in [-0.2, 0) is 0 Å². The summed E-state index contributed by atoms with van der Waals surface area (Å²) in [7, 11) is 0. The van der Waals surface area contributed by atoms with Crippen molar-refractivity contribution in [3.63, 3.8) is 0 Å². The lowest BCUT2D eigenvalue weighted by molar-refractivity contribution is 1.00. The van der Waals surface area contributed by atoms with Crippen molar-refractivity contribution in [3.8, 4) is 0 Å². The Morgan fingerprint density at radius 1 is 1.57 bits per heavy atom. The molecule has 0 aliphatic rings. The topological polar surface area (TPSA) is 12.0 Å². The Morgan fingerprint density at radius 2 is 2.29 bits per heavy atom. The molecule has 0 atom stereocenters. The second-order valence-corrected chi connectivity index (χ2v) is 4.86. The highest BCUT2D eigenvalue weighted by Crippen LogP contribution is 2.22. The summed E-state index contributed by atoms with van der Waals surface area (Å²) in [6, 6.07) is 5.85. The van der Waals surface area contributed by atoms with Crippen LogP contribution in [0.15, 0.2) is 30.4 Å². The van der Waals surface area contributed by atoms with Gasteiger partial charge in [-0.05, 0) is 54.1 Å². The molecule has 0 spiro atoms. The van der Waals surface area contributed by atoms with Gasteiger partial charge in [0.05, 0.1) is 0 Å². The number of hydrogen-bond acceptors (Lipinski definition) is 1. The van der Waals surface area contributed by atoms with E-state index in [1.807, 2.05) is 25.1 Å². The molecule has 0 saturated heterocycles. The van der Waals surface area contributed by atoms with Crippen molar-refractivity contribution in [2.24, 2.45) is 0 Å². The van der Waals surface area contributed by atoms with Crippen LogP contribution >= 0.6 is 34.2 Å². The van der Waals surface area contributed by atoms with E-state index in [0.717, 1.165) is 27.2 Å². The van der Waals surface area contributed by atoms with Crippen molar-refractivity contribution in [3.05, 3.63) is 38.9 Å². The molecule has 1 aromatic carbocycles. The fraction of sp³-hybridized carbons (Fsp3) is 0.273. The van der Waals surface area contributed by atoms with E-state index in [1.165, 1.54) is 5.57 Å². The van der Waals surface area contributed by atoms with Gasteiger partial charge >= 0.3 is 0 Å². The number of hydrogen-bond donors (Lipinski definition) is 1. The highest BCUT2D eigenvalue weighted by molar-refractivity contribution is 14.1. The van der Waals surface area contributed by atoms with Gasteiger partial charge in [0.15, 0.2) is 0 Å². The van der Waals surface area contributed by atoms with E-state index < -0.39 is 0 Å². The first-order valence-electron chi connectivity index (χ1n) is 4.43. The molecule has 0 aliphatic carbocycles. The summed E-state index contributed by atoms with van der Waals surface area (Å²) >= 11 is 8.13. The van der Waals surface area contributed by atoms with Crippen LogP contribution in [0.1, 0.15) is 13.3 Å². The maximum atomic E-state index is 5.85. The zero-order chi connectivity index (χ0) is 10.6. The summed E-state index contributed by atoms with van der Waals surface area (Å²) < 4.78 is 1.15. The third kappa shape index (κ3) is 3.88. The van der Waals surface area contributed by atoms with Crippen LogP contribution in [0.2, 0.25) is 5.02 Å². The quantitative estimate of drug-likeness (QED) is 0.643. The van der Waals surface area contributed by atoms with Crippen LogP contribution < -0.4 is 5.32 Å². The van der Waals surface area contributed by atoms with Crippen molar-refractivity contribution >= 4 is 39.9 Å². The highest BCUT2D eigenvalue weighted by Gasteiger charge is 1.99. The number of anilines is 1. The fourth-order valence-electron chi connectivity index (χ4n) is 1.04. The maximum Gasteiger partial charge on any atom is 0.0477 e. The molecule has 1 nitrogen and oxygen atoms in total. The Hall–Kier alpha value is -0.220. The second kappa shape index (κ2) is 5.61. The van der Waals surface area contributed by atoms with Crippen molar-refractivity contribution in [1.82, 2.24) is 0 Å². The molecule has 0 saturated carbocycles. The number of rotatable bonds is 4. The average Bonchev–Trinajstić information content (AvgIpc) is 2.08. The van der Waals surface area contributed by atoms with Crippen molar-refractivity contribution < 1.29 is 0 Å². The van der Waals surface area contributed by atoms with Crippen LogP contribution in [0.5, 0.6) is 0 Å². The van der Waals surface area contributed by atoms with Gasteiger partial charge in [0, 0.05) is 20.8 Å². The van der Waals surface area contributed by atoms with Crippen LogP contribution in [0.4, 0.5) is 5.69 Å². The van der Waals surface area contributed by atoms with Gasteiger partial charge in [-0.25, -0.2) is 0 Å². The first kappa shape index (κ1) is 11.9. The molecular weight excluding hydrogens is 308 g/mol.